The van der Waals surface area contributed by atoms with Crippen LogP contribution in [0.5, 0.6) is 0 Å². The number of carboxylic acids is 1. The molecule has 3 N–H and O–H groups in total. The summed E-state index contributed by atoms with van der Waals surface area (Å²) >= 11 is 12.3. The highest BCUT2D eigenvalue weighted by Gasteiger charge is 2.25. The molecule has 4 rings (SSSR count). The highest BCUT2D eigenvalue weighted by atomic mass is 35.5. The van der Waals surface area contributed by atoms with Crippen LogP contribution in [-0.4, -0.2) is 43.9 Å². The Balaban J connectivity index is 1.52. The SMILES string of the molecule is CC(C)(C)OCc1c(C(=O)NC(CC(=O)O)c2cc(Cl)cc(Cl)c2)cnn1CCCc1ccc2c(n1)NCCC2. The van der Waals surface area contributed by atoms with E-state index in [-0.39, 0.29) is 13.0 Å². The topological polar surface area (TPSA) is 118 Å². The number of fused-ring (bicyclic) bond motifs is 1. The number of aryl methyl sites for hydroxylation is 3. The summed E-state index contributed by atoms with van der Waals surface area (Å²) in [6, 6.07) is 8.11. The Labute approximate surface area is 244 Å². The summed E-state index contributed by atoms with van der Waals surface area (Å²) in [4.78, 5) is 29.9. The van der Waals surface area contributed by atoms with Gasteiger partial charge in [-0.2, -0.15) is 5.10 Å². The minimum atomic E-state index is -1.07. The first-order chi connectivity index (χ1) is 19.0. The molecule has 2 aromatic heterocycles. The van der Waals surface area contributed by atoms with Crippen LogP contribution in [0.4, 0.5) is 5.82 Å². The van der Waals surface area contributed by atoms with Gasteiger partial charge in [-0.25, -0.2) is 4.98 Å². The van der Waals surface area contributed by atoms with Gasteiger partial charge in [0.25, 0.3) is 5.91 Å². The third-order valence-electron chi connectivity index (χ3n) is 6.56. The van der Waals surface area contributed by atoms with E-state index >= 15 is 0 Å². The zero-order valence-electron chi connectivity index (χ0n) is 23.0. The molecule has 40 heavy (non-hydrogen) atoms. The molecule has 1 aliphatic rings. The standard InChI is InChI=1S/C29H35Cl2N5O4/c1-29(2,3)40-17-25-23(28(39)35-24(15-26(37)38)19-12-20(30)14-21(31)13-19)16-33-36(25)11-5-7-22-9-8-18-6-4-10-32-27(18)34-22/h8-9,12-14,16,24H,4-7,10-11,15,17H2,1-3H3,(H,32,34)(H,35,39)(H,37,38). The summed E-state index contributed by atoms with van der Waals surface area (Å²) in [7, 11) is 0. The Morgan fingerprint density at radius 1 is 1.20 bits per heavy atom. The van der Waals surface area contributed by atoms with E-state index in [1.807, 2.05) is 20.8 Å². The lowest BCUT2D eigenvalue weighted by Gasteiger charge is -2.21. The van der Waals surface area contributed by atoms with Gasteiger partial charge in [0.1, 0.15) is 5.82 Å². The number of hydrogen-bond acceptors (Lipinski definition) is 6. The van der Waals surface area contributed by atoms with Crippen LogP contribution in [0.25, 0.3) is 0 Å². The number of benzene rings is 1. The number of pyridine rings is 1. The fourth-order valence-corrected chi connectivity index (χ4v) is 5.13. The van der Waals surface area contributed by atoms with Gasteiger partial charge in [-0.3, -0.25) is 14.3 Å². The van der Waals surface area contributed by atoms with Gasteiger partial charge in [0, 0.05) is 28.8 Å². The van der Waals surface area contributed by atoms with Crippen molar-refractivity contribution in [2.75, 3.05) is 11.9 Å². The largest absolute Gasteiger partial charge is 0.481 e. The number of hydrogen-bond donors (Lipinski definition) is 3. The van der Waals surface area contributed by atoms with Crippen molar-refractivity contribution >= 4 is 40.9 Å². The van der Waals surface area contributed by atoms with Gasteiger partial charge in [0.2, 0.25) is 0 Å². The predicted octanol–water partition coefficient (Wildman–Crippen LogP) is 5.84. The lowest BCUT2D eigenvalue weighted by Crippen LogP contribution is -2.31. The van der Waals surface area contributed by atoms with Crippen LogP contribution < -0.4 is 10.6 Å². The average molecular weight is 589 g/mol. The van der Waals surface area contributed by atoms with Crippen molar-refractivity contribution in [3.63, 3.8) is 0 Å². The van der Waals surface area contributed by atoms with Gasteiger partial charge < -0.3 is 20.5 Å². The molecule has 0 spiro atoms. The molecule has 0 saturated carbocycles. The molecule has 11 heteroatoms. The molecule has 0 radical (unpaired) electrons. The number of carboxylic acid groups (broad SMARTS) is 1. The first-order valence-electron chi connectivity index (χ1n) is 13.4. The van der Waals surface area contributed by atoms with Crippen LogP contribution in [0.3, 0.4) is 0 Å². The molecule has 214 valence electrons. The number of nitrogens with one attached hydrogen (secondary N) is 2. The van der Waals surface area contributed by atoms with E-state index in [2.05, 4.69) is 27.9 Å². The maximum Gasteiger partial charge on any atom is 0.305 e. The van der Waals surface area contributed by atoms with Gasteiger partial charge >= 0.3 is 5.97 Å². The number of carbonyl (C=O) groups excluding carboxylic acids is 1. The molecule has 0 saturated heterocycles. The molecular weight excluding hydrogens is 553 g/mol. The molecule has 1 amide bonds. The van der Waals surface area contributed by atoms with E-state index in [0.29, 0.717) is 33.4 Å². The van der Waals surface area contributed by atoms with Crippen LogP contribution in [0.1, 0.15) is 78.9 Å². The number of anilines is 1. The Bertz CT molecular complexity index is 1350. The maximum atomic E-state index is 13.5. The zero-order chi connectivity index (χ0) is 28.9. The Hall–Kier alpha value is -3.14. The number of aromatic nitrogens is 3. The van der Waals surface area contributed by atoms with Gasteiger partial charge in [-0.1, -0.05) is 29.3 Å². The molecule has 0 bridgehead atoms. The molecule has 1 unspecified atom stereocenters. The van der Waals surface area contributed by atoms with E-state index in [9.17, 15) is 14.7 Å². The molecule has 0 aliphatic carbocycles. The molecule has 1 aromatic carbocycles. The van der Waals surface area contributed by atoms with Crippen LogP contribution in [-0.2, 0) is 35.5 Å². The van der Waals surface area contributed by atoms with Crippen LogP contribution in [0.2, 0.25) is 10.0 Å². The molecule has 1 aliphatic heterocycles. The van der Waals surface area contributed by atoms with Crippen molar-refractivity contribution in [2.45, 2.75) is 77.7 Å². The number of halogens is 2. The maximum absolute atomic E-state index is 13.5. The number of ether oxygens (including phenoxy) is 1. The lowest BCUT2D eigenvalue weighted by atomic mass is 10.0. The third kappa shape index (κ3) is 8.19. The second kappa shape index (κ2) is 13.0. The van der Waals surface area contributed by atoms with Crippen LogP contribution in [0.15, 0.2) is 36.5 Å². The highest BCUT2D eigenvalue weighted by molar-refractivity contribution is 6.34. The Morgan fingerprint density at radius 2 is 1.95 bits per heavy atom. The minimum absolute atomic E-state index is 0.167. The summed E-state index contributed by atoms with van der Waals surface area (Å²) in [6.45, 7) is 7.49. The Kier molecular flexibility index (Phi) is 9.71. The Morgan fingerprint density at radius 3 is 2.65 bits per heavy atom. The van der Waals surface area contributed by atoms with E-state index in [4.69, 9.17) is 32.9 Å². The molecule has 3 heterocycles. The molecule has 0 fully saturated rings. The molecular formula is C29H35Cl2N5O4. The first kappa shape index (κ1) is 29.8. The normalized spacial score (nSPS) is 13.8. The van der Waals surface area contributed by atoms with Crippen LogP contribution in [0, 0.1) is 0 Å². The van der Waals surface area contributed by atoms with E-state index in [1.54, 1.807) is 22.9 Å². The van der Waals surface area contributed by atoms with Gasteiger partial charge in [-0.05, 0) is 81.8 Å². The first-order valence-corrected chi connectivity index (χ1v) is 14.1. The lowest BCUT2D eigenvalue weighted by molar-refractivity contribution is -0.137. The van der Waals surface area contributed by atoms with E-state index in [0.717, 1.165) is 43.7 Å². The number of carbonyl (C=O) groups is 2. The van der Waals surface area contributed by atoms with E-state index < -0.39 is 23.5 Å². The molecule has 1 atom stereocenters. The van der Waals surface area contributed by atoms with Crippen molar-refractivity contribution in [3.8, 4) is 0 Å². The second-order valence-electron chi connectivity index (χ2n) is 10.9. The van der Waals surface area contributed by atoms with Crippen molar-refractivity contribution in [1.82, 2.24) is 20.1 Å². The second-order valence-corrected chi connectivity index (χ2v) is 11.8. The summed E-state index contributed by atoms with van der Waals surface area (Å²) < 4.78 is 7.80. The average Bonchev–Trinajstić information content (AvgIpc) is 3.28. The highest BCUT2D eigenvalue weighted by Crippen LogP contribution is 2.27. The van der Waals surface area contributed by atoms with E-state index in [1.165, 1.54) is 11.8 Å². The number of aliphatic carboxylic acids is 1. The predicted molar refractivity (Wildman–Crippen MR) is 155 cm³/mol. The zero-order valence-corrected chi connectivity index (χ0v) is 24.5. The van der Waals surface area contributed by atoms with Gasteiger partial charge in [0.05, 0.1) is 42.1 Å². The van der Waals surface area contributed by atoms with Crippen molar-refractivity contribution in [3.05, 3.63) is 74.7 Å². The summed E-state index contributed by atoms with van der Waals surface area (Å²) in [5.74, 6) is -0.555. The number of rotatable bonds is 11. The van der Waals surface area contributed by atoms with Crippen molar-refractivity contribution < 1.29 is 19.4 Å². The minimum Gasteiger partial charge on any atom is -0.481 e. The quantitative estimate of drug-likeness (QED) is 0.258. The summed E-state index contributed by atoms with van der Waals surface area (Å²) in [5, 5.41) is 20.9. The molecule has 3 aromatic rings. The van der Waals surface area contributed by atoms with Crippen molar-refractivity contribution in [1.29, 1.82) is 0 Å². The number of nitrogens with zero attached hydrogens (tertiary/aromatic N) is 3. The number of amides is 1. The summed E-state index contributed by atoms with van der Waals surface area (Å²) in [6.07, 6.45) is 4.84. The third-order valence-corrected chi connectivity index (χ3v) is 7.00. The monoisotopic (exact) mass is 587 g/mol. The van der Waals surface area contributed by atoms with Crippen LogP contribution >= 0.6 is 23.2 Å². The molecule has 9 nitrogen and oxygen atoms in total. The summed E-state index contributed by atoms with van der Waals surface area (Å²) in [5.41, 5.74) is 3.25. The van der Waals surface area contributed by atoms with Gasteiger partial charge in [0.15, 0.2) is 0 Å². The fourth-order valence-electron chi connectivity index (χ4n) is 4.59. The smallest absolute Gasteiger partial charge is 0.305 e. The van der Waals surface area contributed by atoms with Crippen molar-refractivity contribution in [2.24, 2.45) is 0 Å². The van der Waals surface area contributed by atoms with Gasteiger partial charge in [-0.15, -0.1) is 0 Å². The fraction of sp³-hybridized carbons (Fsp3) is 0.448.